The van der Waals surface area contributed by atoms with Crippen LogP contribution >= 0.6 is 20.7 Å². The first-order valence-corrected chi connectivity index (χ1v) is 5.44. The third kappa shape index (κ3) is 1.72. The van der Waals surface area contributed by atoms with Crippen LogP contribution in [0.2, 0.25) is 0 Å². The molecule has 0 saturated carbocycles. The second-order valence-corrected chi connectivity index (χ2v) is 4.99. The molecule has 52 valence electrons. The molecule has 0 aromatic rings. The van der Waals surface area contributed by atoms with Crippen LogP contribution in [0.3, 0.4) is 0 Å². The fraction of sp³-hybridized carbons (Fsp3) is 0.600. The summed E-state index contributed by atoms with van der Waals surface area (Å²) in [5, 5.41) is 0. The van der Waals surface area contributed by atoms with Crippen LogP contribution in [-0.4, -0.2) is 11.7 Å². The van der Waals surface area contributed by atoms with E-state index < -0.39 is 0 Å². The highest BCUT2D eigenvalue weighted by Crippen LogP contribution is 2.32. The molecule has 0 amide bonds. The van der Waals surface area contributed by atoms with Gasteiger partial charge in [0.25, 0.3) is 0 Å². The summed E-state index contributed by atoms with van der Waals surface area (Å²) in [5.74, 6) is 5.40. The second kappa shape index (κ2) is 2.75. The molecule has 1 aliphatic rings. The lowest BCUT2D eigenvalue weighted by atomic mass is 10.2. The zero-order valence-electron chi connectivity index (χ0n) is 5.55. The van der Waals surface area contributed by atoms with Crippen LogP contribution in [0, 0.1) is 5.92 Å². The van der Waals surface area contributed by atoms with Gasteiger partial charge in [0.2, 0.25) is 0 Å². The van der Waals surface area contributed by atoms with E-state index in [1.807, 2.05) is 0 Å². The Morgan fingerprint density at radius 2 is 2.44 bits per heavy atom. The van der Waals surface area contributed by atoms with Crippen molar-refractivity contribution in [3.8, 4) is 0 Å². The monoisotopic (exact) mass is 162 g/mol. The van der Waals surface area contributed by atoms with E-state index in [0.717, 1.165) is 5.84 Å². The molecule has 0 radical (unpaired) electrons. The van der Waals surface area contributed by atoms with Gasteiger partial charge in [-0.3, -0.25) is 0 Å². The maximum Gasteiger partial charge on any atom is 0.123 e. The first-order valence-electron chi connectivity index (χ1n) is 2.76. The van der Waals surface area contributed by atoms with Gasteiger partial charge in [0, 0.05) is 26.6 Å². The number of hydrogen-bond donors (Lipinski definition) is 1. The third-order valence-electron chi connectivity index (χ3n) is 0.989. The van der Waals surface area contributed by atoms with Crippen molar-refractivity contribution in [3.05, 3.63) is 0 Å². The van der Waals surface area contributed by atoms with Crippen molar-refractivity contribution in [1.82, 2.24) is 4.72 Å². The van der Waals surface area contributed by atoms with E-state index in [1.54, 1.807) is 11.0 Å². The van der Waals surface area contributed by atoms with Crippen molar-refractivity contribution >= 4 is 32.4 Å². The molecular weight excluding hydrogens is 152 g/mol. The maximum absolute atomic E-state index is 4.27. The lowest BCUT2D eigenvalue weighted by molar-refractivity contribution is 0.869. The minimum absolute atomic E-state index is 0.0800. The first kappa shape index (κ1) is 7.15. The van der Waals surface area contributed by atoms with Crippen LogP contribution in [0.1, 0.15) is 13.8 Å². The zero-order valence-corrected chi connectivity index (χ0v) is 7.18. The average molecular weight is 162 g/mol. The number of amidine groups is 1. The van der Waals surface area contributed by atoms with Crippen molar-refractivity contribution in [3.63, 3.8) is 0 Å². The fourth-order valence-corrected chi connectivity index (χ4v) is 2.39. The van der Waals surface area contributed by atoms with Gasteiger partial charge in [0.05, 0.1) is 0 Å². The number of nitrogens with zero attached hydrogens (tertiary/aromatic N) is 1. The number of hydrogen-bond acceptors (Lipinski definition) is 3. The van der Waals surface area contributed by atoms with E-state index in [1.165, 1.54) is 0 Å². The summed E-state index contributed by atoms with van der Waals surface area (Å²) in [4.78, 5) is 0. The summed E-state index contributed by atoms with van der Waals surface area (Å²) >= 11 is 0. The van der Waals surface area contributed by atoms with Crippen molar-refractivity contribution in [1.29, 1.82) is 0 Å². The molecule has 0 saturated heterocycles. The fourth-order valence-electron chi connectivity index (χ4n) is 0.461. The highest BCUT2D eigenvalue weighted by Gasteiger charge is 2.11. The molecule has 4 heteroatoms. The minimum Gasteiger partial charge on any atom is -0.307 e. The largest absolute Gasteiger partial charge is 0.307 e. The maximum atomic E-state index is 4.27. The Kier molecular flexibility index (Phi) is 2.18. The highest BCUT2D eigenvalue weighted by atomic mass is 33.1. The van der Waals surface area contributed by atoms with Gasteiger partial charge < -0.3 is 4.72 Å². The predicted molar refractivity (Wildman–Crippen MR) is 47.7 cm³/mol. The van der Waals surface area contributed by atoms with Gasteiger partial charge in [-0.2, -0.15) is 4.40 Å². The highest BCUT2D eigenvalue weighted by molar-refractivity contribution is 8.82. The molecule has 0 bridgehead atoms. The topological polar surface area (TPSA) is 24.4 Å². The van der Waals surface area contributed by atoms with Gasteiger partial charge in [0.1, 0.15) is 5.84 Å². The molecule has 9 heavy (non-hydrogen) atoms. The molecule has 1 rings (SSSR count). The van der Waals surface area contributed by atoms with Gasteiger partial charge in [-0.15, -0.1) is 0 Å². The van der Waals surface area contributed by atoms with Crippen molar-refractivity contribution in [2.75, 3.05) is 0 Å². The Bertz CT molecular complexity index is 162. The molecule has 1 heterocycles. The Morgan fingerprint density at radius 3 is 2.67 bits per heavy atom. The van der Waals surface area contributed by atoms with Gasteiger partial charge in [-0.25, -0.2) is 0 Å². The van der Waals surface area contributed by atoms with Gasteiger partial charge >= 0.3 is 0 Å². The Morgan fingerprint density at radius 1 is 1.78 bits per heavy atom. The second-order valence-electron chi connectivity index (χ2n) is 2.14. The average Bonchev–Trinajstić information content (AvgIpc) is 2.14. The lowest BCUT2D eigenvalue weighted by Crippen LogP contribution is -2.17. The van der Waals surface area contributed by atoms with E-state index in [2.05, 4.69) is 28.8 Å². The summed E-state index contributed by atoms with van der Waals surface area (Å²) < 4.78 is 7.40. The molecule has 1 atom stereocenters. The lowest BCUT2D eigenvalue weighted by Gasteiger charge is -2.00. The predicted octanol–water partition coefficient (Wildman–Crippen LogP) is 1.82. The van der Waals surface area contributed by atoms with E-state index >= 15 is 0 Å². The Balaban J connectivity index is 2.62. The van der Waals surface area contributed by atoms with Crippen LogP contribution in [0.5, 0.6) is 0 Å². The van der Waals surface area contributed by atoms with Crippen molar-refractivity contribution < 1.29 is 0 Å². The van der Waals surface area contributed by atoms with Crippen LogP contribution < -0.4 is 4.72 Å². The molecule has 1 N–H and O–H groups in total. The summed E-state index contributed by atoms with van der Waals surface area (Å²) in [6.45, 7) is 4.24. The smallest absolute Gasteiger partial charge is 0.123 e. The molecule has 0 spiro atoms. The normalized spacial score (nSPS) is 26.1. The minimum atomic E-state index is -0.0800. The molecular formula is C5H10N2S2. The molecule has 0 aromatic carbocycles. The Labute approximate surface area is 61.7 Å². The van der Waals surface area contributed by atoms with Crippen LogP contribution in [0.15, 0.2) is 4.40 Å². The summed E-state index contributed by atoms with van der Waals surface area (Å²) in [6.07, 6.45) is 0. The standard InChI is InChI=1S/C5H10N2S2/c1-4(2)5-6-8-9(3)7-5/h4H,3H2,1-2H3,(H,6,7). The summed E-state index contributed by atoms with van der Waals surface area (Å²) in [5.41, 5.74) is 0. The van der Waals surface area contributed by atoms with Gasteiger partial charge in [0.15, 0.2) is 0 Å². The van der Waals surface area contributed by atoms with Crippen molar-refractivity contribution in [2.24, 2.45) is 10.3 Å². The molecule has 1 aliphatic heterocycles. The third-order valence-corrected chi connectivity index (χ3v) is 2.93. The molecule has 0 aromatic heterocycles. The Hall–Kier alpha value is 0.0400. The molecule has 2 nitrogen and oxygen atoms in total. The molecule has 0 aliphatic carbocycles. The number of rotatable bonds is 1. The SMILES string of the molecule is C=S1N=C(C(C)C)NS1. The van der Waals surface area contributed by atoms with Gasteiger partial charge in [-0.05, 0) is 5.87 Å². The van der Waals surface area contributed by atoms with E-state index in [0.29, 0.717) is 5.92 Å². The quantitative estimate of drug-likeness (QED) is 0.361. The summed E-state index contributed by atoms with van der Waals surface area (Å²) in [6, 6.07) is 0. The van der Waals surface area contributed by atoms with E-state index in [4.69, 9.17) is 0 Å². The number of nitrogens with one attached hydrogen (secondary N) is 1. The zero-order chi connectivity index (χ0) is 6.85. The van der Waals surface area contributed by atoms with Gasteiger partial charge in [-0.1, -0.05) is 13.8 Å². The summed E-state index contributed by atoms with van der Waals surface area (Å²) in [7, 11) is 1.52. The molecule has 1 unspecified atom stereocenters. The van der Waals surface area contributed by atoms with Crippen molar-refractivity contribution in [2.45, 2.75) is 13.8 Å². The van der Waals surface area contributed by atoms with Crippen LogP contribution in [-0.2, 0) is 0 Å². The van der Waals surface area contributed by atoms with E-state index in [9.17, 15) is 0 Å². The first-order chi connectivity index (χ1) is 4.20. The molecule has 0 fully saturated rings. The van der Waals surface area contributed by atoms with E-state index in [-0.39, 0.29) is 9.70 Å². The van der Waals surface area contributed by atoms with Crippen LogP contribution in [0.4, 0.5) is 0 Å². The van der Waals surface area contributed by atoms with Crippen LogP contribution in [0.25, 0.3) is 0 Å².